The third kappa shape index (κ3) is 5.07. The molecular weight excluding hydrogens is 432 g/mol. The van der Waals surface area contributed by atoms with Gasteiger partial charge in [-0.15, -0.1) is 0 Å². The van der Waals surface area contributed by atoms with Crippen LogP contribution in [-0.4, -0.2) is 41.2 Å². The van der Waals surface area contributed by atoms with E-state index < -0.39 is 5.97 Å². The first kappa shape index (κ1) is 23.8. The van der Waals surface area contributed by atoms with Crippen molar-refractivity contribution < 1.29 is 19.1 Å². The van der Waals surface area contributed by atoms with Crippen LogP contribution in [0.15, 0.2) is 42.6 Å². The highest BCUT2D eigenvalue weighted by molar-refractivity contribution is 6.11. The van der Waals surface area contributed by atoms with Crippen LogP contribution in [0, 0.1) is 5.92 Å². The van der Waals surface area contributed by atoms with E-state index >= 15 is 0 Å². The minimum Gasteiger partial charge on any atom is -0.464 e. The summed E-state index contributed by atoms with van der Waals surface area (Å²) in [5, 5.41) is 7.07. The van der Waals surface area contributed by atoms with Crippen LogP contribution in [0.3, 0.4) is 0 Å². The predicted molar refractivity (Wildman–Crippen MR) is 132 cm³/mol. The molecule has 0 radical (unpaired) electrons. The van der Waals surface area contributed by atoms with Crippen LogP contribution in [0.4, 0.5) is 11.4 Å². The maximum absolute atomic E-state index is 12.9. The van der Waals surface area contributed by atoms with Crippen molar-refractivity contribution >= 4 is 34.3 Å². The number of hydrogen-bond acceptors (Lipinski definition) is 6. The van der Waals surface area contributed by atoms with Gasteiger partial charge in [-0.25, -0.2) is 9.78 Å². The summed E-state index contributed by atoms with van der Waals surface area (Å²) in [4.78, 5) is 30.5. The number of ether oxygens (including phenoxy) is 2. The van der Waals surface area contributed by atoms with Gasteiger partial charge >= 0.3 is 5.97 Å². The van der Waals surface area contributed by atoms with Crippen LogP contribution in [0.2, 0.25) is 0 Å². The zero-order valence-electron chi connectivity index (χ0n) is 20.0. The fourth-order valence-corrected chi connectivity index (χ4v) is 4.16. The number of fused-ring (bicyclic) bond motifs is 1. The molecule has 8 heteroatoms. The maximum Gasteiger partial charge on any atom is 0.356 e. The van der Waals surface area contributed by atoms with Crippen molar-refractivity contribution in [3.05, 3.63) is 53.9 Å². The molecule has 2 aromatic heterocycles. The van der Waals surface area contributed by atoms with Crippen molar-refractivity contribution in [3.8, 4) is 0 Å². The lowest BCUT2D eigenvalue weighted by molar-refractivity contribution is -0.119. The highest BCUT2D eigenvalue weighted by atomic mass is 16.5. The quantitative estimate of drug-likeness (QED) is 0.450. The van der Waals surface area contributed by atoms with Gasteiger partial charge in [0.15, 0.2) is 5.69 Å². The van der Waals surface area contributed by atoms with Crippen LogP contribution in [0.1, 0.15) is 49.2 Å². The Morgan fingerprint density at radius 1 is 1.29 bits per heavy atom. The molecule has 4 rings (SSSR count). The number of pyridine rings is 1. The minimum atomic E-state index is -0.519. The van der Waals surface area contributed by atoms with Crippen molar-refractivity contribution in [2.45, 2.75) is 52.3 Å². The van der Waals surface area contributed by atoms with Gasteiger partial charge < -0.3 is 24.7 Å². The van der Waals surface area contributed by atoms with Gasteiger partial charge in [-0.05, 0) is 30.9 Å². The molecule has 2 N–H and O–H groups in total. The molecule has 0 aliphatic carbocycles. The Morgan fingerprint density at radius 2 is 2.09 bits per heavy atom. The average molecular weight is 465 g/mol. The number of esters is 1. The maximum atomic E-state index is 12.9. The minimum absolute atomic E-state index is 0.0187. The molecule has 1 fully saturated rings. The molecule has 34 heavy (non-hydrogen) atoms. The monoisotopic (exact) mass is 464 g/mol. The van der Waals surface area contributed by atoms with Crippen molar-refractivity contribution in [3.63, 3.8) is 0 Å². The third-order valence-electron chi connectivity index (χ3n) is 6.33. The smallest absolute Gasteiger partial charge is 0.356 e. The van der Waals surface area contributed by atoms with Gasteiger partial charge in [0.1, 0.15) is 5.65 Å². The molecule has 1 saturated heterocycles. The van der Waals surface area contributed by atoms with E-state index in [9.17, 15) is 9.59 Å². The summed E-state index contributed by atoms with van der Waals surface area (Å²) in [6, 6.07) is 12.0. The van der Waals surface area contributed by atoms with Gasteiger partial charge in [0, 0.05) is 24.5 Å². The SMILES string of the molecule is CC[C@@H](C)C(=O)Nc1c(C(=O)OC)n(C[C@@H]2CCCO2)c2ncc(NCc3ccccc3)cc12. The summed E-state index contributed by atoms with van der Waals surface area (Å²) < 4.78 is 12.8. The van der Waals surface area contributed by atoms with Crippen LogP contribution in [-0.2, 0) is 27.4 Å². The molecule has 0 spiro atoms. The van der Waals surface area contributed by atoms with E-state index in [1.165, 1.54) is 7.11 Å². The first-order valence-electron chi connectivity index (χ1n) is 11.8. The van der Waals surface area contributed by atoms with Gasteiger partial charge in [0.25, 0.3) is 0 Å². The molecule has 1 amide bonds. The molecule has 180 valence electrons. The number of nitrogens with one attached hydrogen (secondary N) is 2. The van der Waals surface area contributed by atoms with Crippen molar-refractivity contribution in [1.29, 1.82) is 0 Å². The van der Waals surface area contributed by atoms with Gasteiger partial charge in [-0.1, -0.05) is 44.2 Å². The van der Waals surface area contributed by atoms with E-state index in [-0.39, 0.29) is 23.6 Å². The number of amides is 1. The van der Waals surface area contributed by atoms with Gasteiger partial charge in [-0.2, -0.15) is 0 Å². The van der Waals surface area contributed by atoms with Gasteiger partial charge in [0.2, 0.25) is 5.91 Å². The van der Waals surface area contributed by atoms with E-state index in [4.69, 9.17) is 14.5 Å². The number of aromatic nitrogens is 2. The summed E-state index contributed by atoms with van der Waals surface area (Å²) in [5.41, 5.74) is 3.26. The Kier molecular flexibility index (Phi) is 7.47. The number of methoxy groups -OCH3 is 1. The number of rotatable bonds is 9. The summed E-state index contributed by atoms with van der Waals surface area (Å²) >= 11 is 0. The van der Waals surface area contributed by atoms with Crippen molar-refractivity contribution in [1.82, 2.24) is 9.55 Å². The van der Waals surface area contributed by atoms with Crippen molar-refractivity contribution in [2.24, 2.45) is 5.92 Å². The fourth-order valence-electron chi connectivity index (χ4n) is 4.16. The first-order chi connectivity index (χ1) is 16.5. The van der Waals surface area contributed by atoms with E-state index in [0.29, 0.717) is 42.8 Å². The molecule has 2 atom stereocenters. The Balaban J connectivity index is 1.77. The van der Waals surface area contributed by atoms with Crippen LogP contribution in [0.5, 0.6) is 0 Å². The third-order valence-corrected chi connectivity index (χ3v) is 6.33. The number of nitrogens with zero attached hydrogens (tertiary/aromatic N) is 2. The second-order valence-corrected chi connectivity index (χ2v) is 8.69. The summed E-state index contributed by atoms with van der Waals surface area (Å²) in [7, 11) is 1.34. The summed E-state index contributed by atoms with van der Waals surface area (Å²) in [6.45, 7) is 5.62. The first-order valence-corrected chi connectivity index (χ1v) is 11.8. The zero-order chi connectivity index (χ0) is 24.1. The molecule has 0 bridgehead atoms. The van der Waals surface area contributed by atoms with E-state index in [0.717, 1.165) is 24.1 Å². The van der Waals surface area contributed by atoms with E-state index in [1.807, 2.05) is 54.8 Å². The average Bonchev–Trinajstić information content (AvgIpc) is 3.49. The summed E-state index contributed by atoms with van der Waals surface area (Å²) in [6.07, 6.45) is 4.31. The second-order valence-electron chi connectivity index (χ2n) is 8.69. The number of benzene rings is 1. The Hall–Kier alpha value is -3.39. The van der Waals surface area contributed by atoms with E-state index in [1.54, 1.807) is 6.20 Å². The van der Waals surface area contributed by atoms with E-state index in [2.05, 4.69) is 10.6 Å². The number of carbonyl (C=O) groups excluding carboxylic acids is 2. The highest BCUT2D eigenvalue weighted by Gasteiger charge is 2.29. The largest absolute Gasteiger partial charge is 0.464 e. The number of hydrogen-bond donors (Lipinski definition) is 2. The molecule has 1 aliphatic heterocycles. The Morgan fingerprint density at radius 3 is 2.76 bits per heavy atom. The van der Waals surface area contributed by atoms with Crippen LogP contribution in [0.25, 0.3) is 11.0 Å². The zero-order valence-corrected chi connectivity index (χ0v) is 20.0. The summed E-state index contributed by atoms with van der Waals surface area (Å²) in [5.74, 6) is -0.866. The molecule has 0 unspecified atom stereocenters. The molecule has 3 aromatic rings. The molecule has 0 saturated carbocycles. The van der Waals surface area contributed by atoms with Crippen LogP contribution >= 0.6 is 0 Å². The molecule has 1 aliphatic rings. The van der Waals surface area contributed by atoms with Gasteiger partial charge in [0.05, 0.1) is 37.3 Å². The predicted octanol–water partition coefficient (Wildman–Crippen LogP) is 4.60. The van der Waals surface area contributed by atoms with Gasteiger partial charge in [-0.3, -0.25) is 4.79 Å². The molecular formula is C26H32N4O4. The normalized spacial score (nSPS) is 16.4. The second kappa shape index (κ2) is 10.7. The standard InChI is InChI=1S/C26H32N4O4/c1-4-17(2)25(31)29-22-21-13-19(27-14-18-9-6-5-7-10-18)15-28-24(21)30(23(22)26(32)33-3)16-20-11-8-12-34-20/h5-7,9-10,13,15,17,20,27H,4,8,11-12,14,16H2,1-3H3,(H,29,31)/t17-,20+/m1/s1. The Bertz CT molecular complexity index is 1150. The molecule has 1 aromatic carbocycles. The van der Waals surface area contributed by atoms with Crippen molar-refractivity contribution in [2.75, 3.05) is 24.4 Å². The number of anilines is 2. The van der Waals surface area contributed by atoms with Crippen LogP contribution < -0.4 is 10.6 Å². The fraction of sp³-hybridized carbons (Fsp3) is 0.423. The molecule has 8 nitrogen and oxygen atoms in total. The topological polar surface area (TPSA) is 94.5 Å². The highest BCUT2D eigenvalue weighted by Crippen LogP contribution is 2.34. The Labute approximate surface area is 199 Å². The lowest BCUT2D eigenvalue weighted by Crippen LogP contribution is -2.23. The lowest BCUT2D eigenvalue weighted by Gasteiger charge is -2.15. The lowest BCUT2D eigenvalue weighted by atomic mass is 10.1. The molecule has 3 heterocycles. The number of carbonyl (C=O) groups is 2.